The quantitative estimate of drug-likeness (QED) is 0.481. The van der Waals surface area contributed by atoms with Crippen LogP contribution in [0.1, 0.15) is 12.0 Å². The SMILES string of the molecule is O=C(O)NCCCOc1ccc2cc(Br)c(OCc3ccccc3)cc2c1. The number of amides is 1. The second-order valence-electron chi connectivity index (χ2n) is 6.00. The predicted molar refractivity (Wildman–Crippen MR) is 109 cm³/mol. The molecule has 0 spiro atoms. The van der Waals surface area contributed by atoms with Crippen LogP contribution < -0.4 is 14.8 Å². The number of hydrogen-bond donors (Lipinski definition) is 2. The number of fused-ring (bicyclic) bond motifs is 1. The van der Waals surface area contributed by atoms with E-state index in [1.807, 2.05) is 60.7 Å². The van der Waals surface area contributed by atoms with Crippen LogP contribution in [0.5, 0.6) is 11.5 Å². The molecule has 0 unspecified atom stereocenters. The van der Waals surface area contributed by atoms with Crippen molar-refractivity contribution in [2.45, 2.75) is 13.0 Å². The Bertz CT molecular complexity index is 915. The van der Waals surface area contributed by atoms with Crippen LogP contribution in [-0.4, -0.2) is 24.4 Å². The van der Waals surface area contributed by atoms with Crippen molar-refractivity contribution < 1.29 is 19.4 Å². The molecule has 0 heterocycles. The van der Waals surface area contributed by atoms with Gasteiger partial charge in [0.1, 0.15) is 18.1 Å². The number of carboxylic acid groups (broad SMARTS) is 1. The lowest BCUT2D eigenvalue weighted by atomic mass is 10.1. The van der Waals surface area contributed by atoms with E-state index in [2.05, 4.69) is 21.2 Å². The van der Waals surface area contributed by atoms with Crippen molar-refractivity contribution in [1.29, 1.82) is 0 Å². The zero-order valence-corrected chi connectivity index (χ0v) is 16.2. The zero-order chi connectivity index (χ0) is 19.1. The van der Waals surface area contributed by atoms with Crippen LogP contribution in [-0.2, 0) is 6.61 Å². The highest BCUT2D eigenvalue weighted by Gasteiger charge is 2.06. The van der Waals surface area contributed by atoms with Crippen LogP contribution >= 0.6 is 15.9 Å². The van der Waals surface area contributed by atoms with E-state index in [1.165, 1.54) is 0 Å². The van der Waals surface area contributed by atoms with Crippen molar-refractivity contribution in [2.24, 2.45) is 0 Å². The average molecular weight is 430 g/mol. The maximum atomic E-state index is 10.4. The molecule has 3 aromatic rings. The van der Waals surface area contributed by atoms with Gasteiger partial charge in [-0.15, -0.1) is 0 Å². The molecular weight excluding hydrogens is 410 g/mol. The molecule has 0 saturated carbocycles. The van der Waals surface area contributed by atoms with Crippen molar-refractivity contribution in [3.8, 4) is 11.5 Å². The van der Waals surface area contributed by atoms with E-state index in [0.29, 0.717) is 26.2 Å². The summed E-state index contributed by atoms with van der Waals surface area (Å²) >= 11 is 3.57. The van der Waals surface area contributed by atoms with Gasteiger partial charge in [0.2, 0.25) is 0 Å². The van der Waals surface area contributed by atoms with Crippen molar-refractivity contribution >= 4 is 32.8 Å². The minimum absolute atomic E-state index is 0.368. The summed E-state index contributed by atoms with van der Waals surface area (Å²) in [5.41, 5.74) is 1.11. The molecule has 0 atom stereocenters. The van der Waals surface area contributed by atoms with Gasteiger partial charge in [-0.2, -0.15) is 0 Å². The van der Waals surface area contributed by atoms with E-state index < -0.39 is 6.09 Å². The van der Waals surface area contributed by atoms with Crippen LogP contribution in [0.15, 0.2) is 65.1 Å². The van der Waals surface area contributed by atoms with Gasteiger partial charge < -0.3 is 19.9 Å². The second-order valence-corrected chi connectivity index (χ2v) is 6.85. The van der Waals surface area contributed by atoms with E-state index in [0.717, 1.165) is 32.3 Å². The summed E-state index contributed by atoms with van der Waals surface area (Å²) in [6, 6.07) is 19.9. The van der Waals surface area contributed by atoms with Gasteiger partial charge in [-0.1, -0.05) is 36.4 Å². The molecule has 0 aliphatic carbocycles. The summed E-state index contributed by atoms with van der Waals surface area (Å²) in [5.74, 6) is 1.52. The molecule has 0 aromatic heterocycles. The summed E-state index contributed by atoms with van der Waals surface area (Å²) in [6.45, 7) is 1.31. The summed E-state index contributed by atoms with van der Waals surface area (Å²) in [5, 5.41) is 13.0. The van der Waals surface area contributed by atoms with Gasteiger partial charge in [0.25, 0.3) is 0 Å². The molecule has 0 aliphatic heterocycles. The van der Waals surface area contributed by atoms with Gasteiger partial charge in [-0.05, 0) is 63.0 Å². The minimum atomic E-state index is -1.02. The molecule has 0 bridgehead atoms. The molecule has 27 heavy (non-hydrogen) atoms. The molecule has 3 rings (SSSR count). The third-order valence-electron chi connectivity index (χ3n) is 3.97. The second kappa shape index (κ2) is 9.28. The molecule has 0 aliphatic rings. The van der Waals surface area contributed by atoms with Crippen LogP contribution in [0, 0.1) is 0 Å². The highest BCUT2D eigenvalue weighted by Crippen LogP contribution is 2.32. The molecular formula is C21H20BrNO4. The maximum absolute atomic E-state index is 10.4. The standard InChI is InChI=1S/C21H20BrNO4/c22-19-12-16-7-8-18(26-10-4-9-23-21(24)25)11-17(16)13-20(19)27-14-15-5-2-1-3-6-15/h1-3,5-8,11-13,23H,4,9-10,14H2,(H,24,25). The lowest BCUT2D eigenvalue weighted by molar-refractivity contribution is 0.193. The topological polar surface area (TPSA) is 67.8 Å². The third kappa shape index (κ3) is 5.62. The van der Waals surface area contributed by atoms with Crippen LogP contribution in [0.3, 0.4) is 0 Å². The van der Waals surface area contributed by atoms with Gasteiger partial charge in [0.05, 0.1) is 11.1 Å². The van der Waals surface area contributed by atoms with E-state index >= 15 is 0 Å². The molecule has 3 aromatic carbocycles. The Kier molecular flexibility index (Phi) is 6.54. The summed E-state index contributed by atoms with van der Waals surface area (Å²) < 4.78 is 12.6. The Morgan fingerprint density at radius 3 is 2.59 bits per heavy atom. The van der Waals surface area contributed by atoms with Crippen LogP contribution in [0.2, 0.25) is 0 Å². The van der Waals surface area contributed by atoms with Crippen molar-refractivity contribution in [1.82, 2.24) is 5.32 Å². The maximum Gasteiger partial charge on any atom is 0.404 e. The van der Waals surface area contributed by atoms with E-state index in [4.69, 9.17) is 14.6 Å². The van der Waals surface area contributed by atoms with Crippen molar-refractivity contribution in [3.05, 3.63) is 70.7 Å². The monoisotopic (exact) mass is 429 g/mol. The Morgan fingerprint density at radius 2 is 1.81 bits per heavy atom. The Labute approximate surface area is 166 Å². The fraction of sp³-hybridized carbons (Fsp3) is 0.190. The average Bonchev–Trinajstić information content (AvgIpc) is 2.67. The number of hydrogen-bond acceptors (Lipinski definition) is 3. The molecule has 0 fully saturated rings. The number of nitrogens with one attached hydrogen (secondary N) is 1. The number of benzene rings is 3. The highest BCUT2D eigenvalue weighted by molar-refractivity contribution is 9.10. The van der Waals surface area contributed by atoms with E-state index in [9.17, 15) is 4.79 Å². The molecule has 0 radical (unpaired) electrons. The summed E-state index contributed by atoms with van der Waals surface area (Å²) in [6.07, 6.45) is -0.412. The number of ether oxygens (including phenoxy) is 2. The molecule has 140 valence electrons. The first kappa shape index (κ1) is 19.0. The van der Waals surface area contributed by atoms with E-state index in [-0.39, 0.29) is 0 Å². The van der Waals surface area contributed by atoms with E-state index in [1.54, 1.807) is 0 Å². The minimum Gasteiger partial charge on any atom is -0.494 e. The Morgan fingerprint density at radius 1 is 1.00 bits per heavy atom. The van der Waals surface area contributed by atoms with Gasteiger partial charge in [-0.3, -0.25) is 0 Å². The molecule has 1 amide bonds. The van der Waals surface area contributed by atoms with Crippen LogP contribution in [0.4, 0.5) is 4.79 Å². The van der Waals surface area contributed by atoms with Gasteiger partial charge >= 0.3 is 6.09 Å². The van der Waals surface area contributed by atoms with Gasteiger partial charge in [0.15, 0.2) is 0 Å². The lowest BCUT2D eigenvalue weighted by Crippen LogP contribution is -2.23. The van der Waals surface area contributed by atoms with Gasteiger partial charge in [0, 0.05) is 6.54 Å². The first-order valence-corrected chi connectivity index (χ1v) is 9.41. The number of halogens is 1. The fourth-order valence-corrected chi connectivity index (χ4v) is 3.10. The zero-order valence-electron chi connectivity index (χ0n) is 14.7. The molecule has 2 N–H and O–H groups in total. The van der Waals surface area contributed by atoms with Crippen LogP contribution in [0.25, 0.3) is 10.8 Å². The summed E-state index contributed by atoms with van der Waals surface area (Å²) in [7, 11) is 0. The molecule has 5 nitrogen and oxygen atoms in total. The first-order valence-electron chi connectivity index (χ1n) is 8.61. The molecule has 6 heteroatoms. The first-order chi connectivity index (χ1) is 13.1. The number of carbonyl (C=O) groups is 1. The van der Waals surface area contributed by atoms with Gasteiger partial charge in [-0.25, -0.2) is 4.79 Å². The summed E-state index contributed by atoms with van der Waals surface area (Å²) in [4.78, 5) is 10.4. The van der Waals surface area contributed by atoms with Crippen molar-refractivity contribution in [2.75, 3.05) is 13.2 Å². The molecule has 0 saturated heterocycles. The lowest BCUT2D eigenvalue weighted by Gasteiger charge is -2.11. The fourth-order valence-electron chi connectivity index (χ4n) is 2.62. The third-order valence-corrected chi connectivity index (χ3v) is 4.59. The van der Waals surface area contributed by atoms with Crippen molar-refractivity contribution in [3.63, 3.8) is 0 Å². The smallest absolute Gasteiger partial charge is 0.404 e. The highest BCUT2D eigenvalue weighted by atomic mass is 79.9. The predicted octanol–water partition coefficient (Wildman–Crippen LogP) is 5.22. The Balaban J connectivity index is 1.65. The normalized spacial score (nSPS) is 10.6. The largest absolute Gasteiger partial charge is 0.494 e. The Hall–Kier alpha value is -2.73. The number of rotatable bonds is 8.